The standard InChI is InChI=1S/C16H23NO2/c1-12(2)15(18)11-17-16(19)6-4-5-14-9-7-13(3)8-10-14/h4-5,7-10,12,15,18H,6,11H2,1-3H3,(H,17,19)/b5-4+. The summed E-state index contributed by atoms with van der Waals surface area (Å²) >= 11 is 0. The average molecular weight is 261 g/mol. The third-order valence-corrected chi connectivity index (χ3v) is 2.97. The molecule has 0 radical (unpaired) electrons. The summed E-state index contributed by atoms with van der Waals surface area (Å²) in [6.45, 7) is 6.21. The third kappa shape index (κ3) is 6.20. The minimum atomic E-state index is -0.481. The van der Waals surface area contributed by atoms with E-state index in [4.69, 9.17) is 0 Å². The van der Waals surface area contributed by atoms with Crippen LogP contribution in [-0.4, -0.2) is 23.7 Å². The van der Waals surface area contributed by atoms with Crippen LogP contribution in [0.5, 0.6) is 0 Å². The van der Waals surface area contributed by atoms with Gasteiger partial charge < -0.3 is 10.4 Å². The van der Waals surface area contributed by atoms with Crippen LogP contribution in [0.1, 0.15) is 31.4 Å². The van der Waals surface area contributed by atoms with Gasteiger partial charge in [0.2, 0.25) is 5.91 Å². The predicted molar refractivity (Wildman–Crippen MR) is 78.7 cm³/mol. The molecule has 1 atom stereocenters. The van der Waals surface area contributed by atoms with Gasteiger partial charge in [0.05, 0.1) is 6.10 Å². The number of carbonyl (C=O) groups excluding carboxylic acids is 1. The summed E-state index contributed by atoms with van der Waals surface area (Å²) < 4.78 is 0. The molecule has 1 unspecified atom stereocenters. The largest absolute Gasteiger partial charge is 0.391 e. The Morgan fingerprint density at radius 2 is 1.95 bits per heavy atom. The van der Waals surface area contributed by atoms with E-state index in [9.17, 15) is 9.90 Å². The number of carbonyl (C=O) groups is 1. The van der Waals surface area contributed by atoms with Crippen LogP contribution in [0.3, 0.4) is 0 Å². The highest BCUT2D eigenvalue weighted by atomic mass is 16.3. The Bertz CT molecular complexity index is 421. The number of hydrogen-bond acceptors (Lipinski definition) is 2. The van der Waals surface area contributed by atoms with E-state index in [1.54, 1.807) is 0 Å². The summed E-state index contributed by atoms with van der Waals surface area (Å²) in [5, 5.41) is 12.3. The van der Waals surface area contributed by atoms with Crippen molar-refractivity contribution in [1.82, 2.24) is 5.32 Å². The first-order chi connectivity index (χ1) is 8.99. The molecule has 1 rings (SSSR count). The maximum atomic E-state index is 11.5. The van der Waals surface area contributed by atoms with Gasteiger partial charge >= 0.3 is 0 Å². The summed E-state index contributed by atoms with van der Waals surface area (Å²) in [6, 6.07) is 8.12. The van der Waals surface area contributed by atoms with Gasteiger partial charge in [-0.25, -0.2) is 0 Å². The molecule has 0 saturated heterocycles. The van der Waals surface area contributed by atoms with E-state index in [0.29, 0.717) is 13.0 Å². The van der Waals surface area contributed by atoms with Crippen LogP contribution in [0, 0.1) is 12.8 Å². The van der Waals surface area contributed by atoms with E-state index < -0.39 is 6.10 Å². The first kappa shape index (κ1) is 15.4. The van der Waals surface area contributed by atoms with Crippen molar-refractivity contribution < 1.29 is 9.90 Å². The Morgan fingerprint density at radius 3 is 2.53 bits per heavy atom. The van der Waals surface area contributed by atoms with Crippen LogP contribution < -0.4 is 5.32 Å². The molecule has 0 spiro atoms. The van der Waals surface area contributed by atoms with Crippen molar-refractivity contribution in [3.63, 3.8) is 0 Å². The topological polar surface area (TPSA) is 49.3 Å². The molecule has 2 N–H and O–H groups in total. The van der Waals surface area contributed by atoms with E-state index in [0.717, 1.165) is 5.56 Å². The van der Waals surface area contributed by atoms with Gasteiger partial charge in [-0.1, -0.05) is 55.8 Å². The van der Waals surface area contributed by atoms with Gasteiger partial charge in [0.25, 0.3) is 0 Å². The number of hydrogen-bond donors (Lipinski definition) is 2. The Kier molecular flexibility index (Phi) is 6.30. The zero-order chi connectivity index (χ0) is 14.3. The van der Waals surface area contributed by atoms with Crippen molar-refractivity contribution in [2.24, 2.45) is 5.92 Å². The molecule has 104 valence electrons. The molecule has 3 heteroatoms. The zero-order valence-electron chi connectivity index (χ0n) is 11.9. The van der Waals surface area contributed by atoms with Crippen LogP contribution in [0.4, 0.5) is 0 Å². The fourth-order valence-corrected chi connectivity index (χ4v) is 1.51. The fraction of sp³-hybridized carbons (Fsp3) is 0.438. The average Bonchev–Trinajstić information content (AvgIpc) is 2.38. The van der Waals surface area contributed by atoms with E-state index >= 15 is 0 Å². The number of nitrogens with one attached hydrogen (secondary N) is 1. The number of aliphatic hydroxyl groups is 1. The van der Waals surface area contributed by atoms with Gasteiger partial charge in [0.1, 0.15) is 0 Å². The molecule has 1 amide bonds. The highest BCUT2D eigenvalue weighted by Gasteiger charge is 2.09. The Balaban J connectivity index is 2.32. The molecule has 1 aromatic rings. The van der Waals surface area contributed by atoms with Crippen LogP contribution in [0.25, 0.3) is 6.08 Å². The number of amides is 1. The van der Waals surface area contributed by atoms with Crippen molar-refractivity contribution in [2.75, 3.05) is 6.54 Å². The fourth-order valence-electron chi connectivity index (χ4n) is 1.51. The van der Waals surface area contributed by atoms with Crippen molar-refractivity contribution in [1.29, 1.82) is 0 Å². The Morgan fingerprint density at radius 1 is 1.32 bits per heavy atom. The summed E-state index contributed by atoms with van der Waals surface area (Å²) in [5.74, 6) is 0.0893. The van der Waals surface area contributed by atoms with Crippen LogP contribution in [0.15, 0.2) is 30.3 Å². The smallest absolute Gasteiger partial charge is 0.223 e. The molecular weight excluding hydrogens is 238 g/mol. The maximum Gasteiger partial charge on any atom is 0.223 e. The third-order valence-electron chi connectivity index (χ3n) is 2.97. The van der Waals surface area contributed by atoms with E-state index in [2.05, 4.69) is 5.32 Å². The second-order valence-corrected chi connectivity index (χ2v) is 5.13. The van der Waals surface area contributed by atoms with Crippen molar-refractivity contribution in [3.05, 3.63) is 41.5 Å². The number of rotatable bonds is 6. The molecule has 0 bridgehead atoms. The number of aliphatic hydroxyl groups excluding tert-OH is 1. The number of benzene rings is 1. The molecule has 0 aliphatic rings. The quantitative estimate of drug-likeness (QED) is 0.826. The molecular formula is C16H23NO2. The maximum absolute atomic E-state index is 11.5. The highest BCUT2D eigenvalue weighted by Crippen LogP contribution is 2.05. The molecule has 0 aliphatic carbocycles. The van der Waals surface area contributed by atoms with Crippen molar-refractivity contribution >= 4 is 12.0 Å². The van der Waals surface area contributed by atoms with E-state index in [1.807, 2.05) is 57.2 Å². The lowest BCUT2D eigenvalue weighted by Gasteiger charge is -2.14. The Hall–Kier alpha value is -1.61. The molecule has 3 nitrogen and oxygen atoms in total. The van der Waals surface area contributed by atoms with Gasteiger partial charge in [-0.3, -0.25) is 4.79 Å². The second-order valence-electron chi connectivity index (χ2n) is 5.13. The molecule has 0 fully saturated rings. The first-order valence-corrected chi connectivity index (χ1v) is 6.67. The van der Waals surface area contributed by atoms with Gasteiger partial charge in [0, 0.05) is 13.0 Å². The minimum Gasteiger partial charge on any atom is -0.391 e. The number of aryl methyl sites for hydroxylation is 1. The summed E-state index contributed by atoms with van der Waals surface area (Å²) in [6.07, 6.45) is 3.61. The molecule has 0 aromatic heterocycles. The van der Waals surface area contributed by atoms with Gasteiger partial charge in [0.15, 0.2) is 0 Å². The second kappa shape index (κ2) is 7.74. The highest BCUT2D eigenvalue weighted by molar-refractivity contribution is 5.78. The SMILES string of the molecule is Cc1ccc(/C=C/CC(=O)NCC(O)C(C)C)cc1. The zero-order valence-corrected chi connectivity index (χ0v) is 11.9. The lowest BCUT2D eigenvalue weighted by molar-refractivity contribution is -0.120. The lowest BCUT2D eigenvalue weighted by Crippen LogP contribution is -2.34. The molecule has 0 heterocycles. The van der Waals surface area contributed by atoms with E-state index in [1.165, 1.54) is 5.56 Å². The molecule has 0 aliphatic heterocycles. The van der Waals surface area contributed by atoms with Crippen molar-refractivity contribution in [3.8, 4) is 0 Å². The summed E-state index contributed by atoms with van der Waals surface area (Å²) in [4.78, 5) is 11.5. The van der Waals surface area contributed by atoms with Gasteiger partial charge in [-0.15, -0.1) is 0 Å². The van der Waals surface area contributed by atoms with Crippen LogP contribution in [0.2, 0.25) is 0 Å². The van der Waals surface area contributed by atoms with Crippen LogP contribution in [-0.2, 0) is 4.79 Å². The lowest BCUT2D eigenvalue weighted by atomic mass is 10.1. The molecule has 19 heavy (non-hydrogen) atoms. The van der Waals surface area contributed by atoms with Gasteiger partial charge in [-0.2, -0.15) is 0 Å². The minimum absolute atomic E-state index is 0.0666. The summed E-state index contributed by atoms with van der Waals surface area (Å²) in [7, 11) is 0. The normalized spacial score (nSPS) is 12.9. The van der Waals surface area contributed by atoms with Crippen LogP contribution >= 0.6 is 0 Å². The summed E-state index contributed by atoms with van der Waals surface area (Å²) in [5.41, 5.74) is 2.30. The van der Waals surface area contributed by atoms with Crippen molar-refractivity contribution in [2.45, 2.75) is 33.3 Å². The predicted octanol–water partition coefficient (Wildman–Crippen LogP) is 2.53. The first-order valence-electron chi connectivity index (χ1n) is 6.67. The molecule has 1 aromatic carbocycles. The van der Waals surface area contributed by atoms with Gasteiger partial charge in [-0.05, 0) is 18.4 Å². The monoisotopic (exact) mass is 261 g/mol. The van der Waals surface area contributed by atoms with E-state index in [-0.39, 0.29) is 11.8 Å². The molecule has 0 saturated carbocycles. The Labute approximate surface area is 115 Å².